The van der Waals surface area contributed by atoms with Crippen LogP contribution in [0.3, 0.4) is 0 Å². The number of thiophene rings is 2. The number of unbranched alkanes of at least 4 members (excludes halogenated alkanes) is 17. The SMILES string of the molecule is CCCCCCCCCCc1c(-c2cc(CCCCCCCC)c(Br)s2)sc(Br)c1CCCCCCCC. The molecule has 2 aromatic heterocycles. The van der Waals surface area contributed by atoms with Gasteiger partial charge in [-0.3, -0.25) is 0 Å². The molecule has 0 nitrogen and oxygen atoms in total. The molecule has 0 saturated heterocycles. The lowest BCUT2D eigenvalue weighted by Crippen LogP contribution is -1.95. The maximum atomic E-state index is 4.03. The Morgan fingerprint density at radius 3 is 1.39 bits per heavy atom. The minimum Gasteiger partial charge on any atom is -0.127 e. The van der Waals surface area contributed by atoms with Crippen molar-refractivity contribution in [2.45, 2.75) is 168 Å². The van der Waals surface area contributed by atoms with E-state index >= 15 is 0 Å². The zero-order chi connectivity index (χ0) is 27.4. The monoisotopic (exact) mass is 686 g/mol. The van der Waals surface area contributed by atoms with Crippen molar-refractivity contribution in [2.75, 3.05) is 0 Å². The number of halogens is 2. The zero-order valence-electron chi connectivity index (χ0n) is 24.9. The van der Waals surface area contributed by atoms with E-state index in [-0.39, 0.29) is 0 Å². The number of hydrogen-bond donors (Lipinski definition) is 0. The molecule has 0 amide bonds. The highest BCUT2D eigenvalue weighted by atomic mass is 79.9. The molecule has 0 fully saturated rings. The van der Waals surface area contributed by atoms with Crippen LogP contribution in [0.25, 0.3) is 9.75 Å². The second kappa shape index (κ2) is 22.0. The van der Waals surface area contributed by atoms with Gasteiger partial charge in [-0.1, -0.05) is 130 Å². The van der Waals surface area contributed by atoms with Gasteiger partial charge in [-0.05, 0) is 93.1 Å². The van der Waals surface area contributed by atoms with Crippen molar-refractivity contribution in [1.82, 2.24) is 0 Å². The van der Waals surface area contributed by atoms with E-state index in [0.29, 0.717) is 0 Å². The van der Waals surface area contributed by atoms with Crippen LogP contribution in [0.2, 0.25) is 0 Å². The molecule has 0 radical (unpaired) electrons. The van der Waals surface area contributed by atoms with E-state index in [1.807, 2.05) is 22.7 Å². The van der Waals surface area contributed by atoms with E-state index in [0.717, 1.165) is 0 Å². The molecule has 0 aliphatic rings. The van der Waals surface area contributed by atoms with Gasteiger partial charge in [0.1, 0.15) is 0 Å². The molecular formula is C34H56Br2S2. The number of aryl methyl sites for hydroxylation is 1. The molecule has 38 heavy (non-hydrogen) atoms. The van der Waals surface area contributed by atoms with Crippen molar-refractivity contribution in [3.63, 3.8) is 0 Å². The molecular weight excluding hydrogens is 632 g/mol. The molecule has 0 aromatic carbocycles. The Morgan fingerprint density at radius 2 is 0.895 bits per heavy atom. The molecule has 0 unspecified atom stereocenters. The fraction of sp³-hybridized carbons (Fsp3) is 0.765. The molecule has 0 spiro atoms. The minimum atomic E-state index is 1.22. The van der Waals surface area contributed by atoms with Gasteiger partial charge in [0.05, 0.1) is 7.57 Å². The van der Waals surface area contributed by atoms with Crippen LogP contribution in [0.5, 0.6) is 0 Å². The van der Waals surface area contributed by atoms with E-state index in [2.05, 4.69) is 58.7 Å². The summed E-state index contributed by atoms with van der Waals surface area (Å²) < 4.78 is 2.76. The van der Waals surface area contributed by atoms with Crippen molar-refractivity contribution >= 4 is 54.5 Å². The average Bonchev–Trinajstić information content (AvgIpc) is 3.43. The normalized spacial score (nSPS) is 11.6. The number of hydrogen-bond acceptors (Lipinski definition) is 2. The van der Waals surface area contributed by atoms with Gasteiger partial charge in [0.15, 0.2) is 0 Å². The molecule has 0 bridgehead atoms. The molecule has 2 rings (SSSR count). The van der Waals surface area contributed by atoms with Crippen LogP contribution in [-0.2, 0) is 19.3 Å². The highest BCUT2D eigenvalue weighted by Gasteiger charge is 2.20. The summed E-state index contributed by atoms with van der Waals surface area (Å²) in [7, 11) is 0. The van der Waals surface area contributed by atoms with Gasteiger partial charge in [0.25, 0.3) is 0 Å². The Labute approximate surface area is 261 Å². The summed E-state index contributed by atoms with van der Waals surface area (Å²) in [6.07, 6.45) is 31.3. The summed E-state index contributed by atoms with van der Waals surface area (Å²) in [4.78, 5) is 3.05. The van der Waals surface area contributed by atoms with Crippen LogP contribution in [0.15, 0.2) is 13.6 Å². The predicted molar refractivity (Wildman–Crippen MR) is 184 cm³/mol. The molecule has 2 heterocycles. The smallest absolute Gasteiger partial charge is 0.0740 e. The summed E-state index contributed by atoms with van der Waals surface area (Å²) in [6, 6.07) is 2.52. The summed E-state index contributed by atoms with van der Waals surface area (Å²) in [5.41, 5.74) is 4.83. The largest absolute Gasteiger partial charge is 0.127 e. The molecule has 0 aliphatic carbocycles. The molecule has 0 N–H and O–H groups in total. The second-order valence-electron chi connectivity index (χ2n) is 11.3. The van der Waals surface area contributed by atoms with E-state index < -0.39 is 0 Å². The van der Waals surface area contributed by atoms with Gasteiger partial charge in [0.2, 0.25) is 0 Å². The zero-order valence-corrected chi connectivity index (χ0v) is 29.7. The third-order valence-corrected chi connectivity index (χ3v) is 12.1. The molecule has 0 aliphatic heterocycles. The van der Waals surface area contributed by atoms with E-state index in [1.54, 1.807) is 16.0 Å². The van der Waals surface area contributed by atoms with Gasteiger partial charge in [0, 0.05) is 9.75 Å². The Morgan fingerprint density at radius 1 is 0.474 bits per heavy atom. The fourth-order valence-electron chi connectivity index (χ4n) is 5.48. The highest BCUT2D eigenvalue weighted by Crippen LogP contribution is 2.46. The average molecular weight is 689 g/mol. The third kappa shape index (κ3) is 13.3. The summed E-state index contributed by atoms with van der Waals surface area (Å²) in [5.74, 6) is 0. The summed E-state index contributed by atoms with van der Waals surface area (Å²) in [6.45, 7) is 6.92. The van der Waals surface area contributed by atoms with Crippen LogP contribution in [0.1, 0.15) is 166 Å². The first-order chi connectivity index (χ1) is 18.6. The highest BCUT2D eigenvalue weighted by molar-refractivity contribution is 9.11. The maximum Gasteiger partial charge on any atom is 0.0740 e. The van der Waals surface area contributed by atoms with Gasteiger partial charge in [-0.2, -0.15) is 0 Å². The summed E-state index contributed by atoms with van der Waals surface area (Å²) in [5, 5.41) is 0. The predicted octanol–water partition coefficient (Wildman–Crippen LogP) is 14.5. The van der Waals surface area contributed by atoms with E-state index in [9.17, 15) is 0 Å². The topological polar surface area (TPSA) is 0 Å². The van der Waals surface area contributed by atoms with Crippen molar-refractivity contribution in [3.8, 4) is 9.75 Å². The van der Waals surface area contributed by atoms with Crippen LogP contribution < -0.4 is 0 Å². The van der Waals surface area contributed by atoms with Crippen LogP contribution in [0.4, 0.5) is 0 Å². The first-order valence-corrected chi connectivity index (χ1v) is 19.4. The number of rotatable bonds is 24. The molecule has 0 saturated carbocycles. The van der Waals surface area contributed by atoms with Gasteiger partial charge < -0.3 is 0 Å². The van der Waals surface area contributed by atoms with Crippen LogP contribution in [-0.4, -0.2) is 0 Å². The van der Waals surface area contributed by atoms with Crippen molar-refractivity contribution in [3.05, 3.63) is 30.3 Å². The Balaban J connectivity index is 2.03. The lowest BCUT2D eigenvalue weighted by atomic mass is 9.97. The van der Waals surface area contributed by atoms with E-state index in [4.69, 9.17) is 0 Å². The minimum absolute atomic E-state index is 1.22. The van der Waals surface area contributed by atoms with E-state index in [1.165, 1.54) is 166 Å². The molecule has 2 aromatic rings. The Bertz CT molecular complexity index is 851. The lowest BCUT2D eigenvalue weighted by Gasteiger charge is -2.09. The van der Waals surface area contributed by atoms with Crippen molar-refractivity contribution < 1.29 is 0 Å². The van der Waals surface area contributed by atoms with Crippen molar-refractivity contribution in [1.29, 1.82) is 0 Å². The molecule has 4 heteroatoms. The first kappa shape index (κ1) is 34.6. The Kier molecular flexibility index (Phi) is 20.0. The molecule has 0 atom stereocenters. The maximum absolute atomic E-state index is 4.03. The third-order valence-electron chi connectivity index (χ3n) is 7.91. The lowest BCUT2D eigenvalue weighted by molar-refractivity contribution is 0.574. The summed E-state index contributed by atoms with van der Waals surface area (Å²) >= 11 is 11.9. The van der Waals surface area contributed by atoms with Crippen molar-refractivity contribution in [2.24, 2.45) is 0 Å². The fourth-order valence-corrected chi connectivity index (χ4v) is 9.43. The molecule has 218 valence electrons. The standard InChI is InChI=1S/C34H56Br2S2/c1-4-7-10-13-16-17-20-22-25-29-30(26-23-19-15-12-9-6-3)34(36)38-32(29)31-27-28(33(35)37-31)24-21-18-14-11-8-5-2/h27H,4-26H2,1-3H3. The first-order valence-electron chi connectivity index (χ1n) is 16.2. The Hall–Kier alpha value is 0.360. The van der Waals surface area contributed by atoms with Gasteiger partial charge in [-0.15, -0.1) is 22.7 Å². The van der Waals surface area contributed by atoms with Gasteiger partial charge in [-0.25, -0.2) is 0 Å². The second-order valence-corrected chi connectivity index (χ2v) is 16.0. The van der Waals surface area contributed by atoms with Crippen LogP contribution >= 0.6 is 54.5 Å². The van der Waals surface area contributed by atoms with Crippen LogP contribution in [0, 0.1) is 0 Å². The quantitative estimate of drug-likeness (QED) is 0.0963. The van der Waals surface area contributed by atoms with Gasteiger partial charge >= 0.3 is 0 Å².